The van der Waals surface area contributed by atoms with E-state index in [4.69, 9.17) is 14.6 Å². The van der Waals surface area contributed by atoms with E-state index >= 15 is 0 Å². The molecule has 170 valence electrons. The molecule has 1 saturated carbocycles. The first-order valence-corrected chi connectivity index (χ1v) is 10.6. The molecule has 9 heteroatoms. The molecule has 9 nitrogen and oxygen atoms in total. The number of nitrogens with zero attached hydrogens (tertiary/aromatic N) is 3. The minimum absolute atomic E-state index is 0.00327. The van der Waals surface area contributed by atoms with Crippen molar-refractivity contribution in [1.29, 1.82) is 0 Å². The van der Waals surface area contributed by atoms with E-state index in [1.807, 2.05) is 36.4 Å². The summed E-state index contributed by atoms with van der Waals surface area (Å²) in [6.07, 6.45) is 4.96. The standard InChI is InChI=1S/C24H24N4O5/c1-14(22-8-7-19(11-25-22)33-20-9-17(10-20)28-24(30)31)16-3-5-18(6-4-16)32-21-12-26-23(15(2)29)27-13-21/h3-8,11-14,17,20,28H,9-10H2,1-2H3,(H,30,31)/t14?,17-,20-. The van der Waals surface area contributed by atoms with E-state index in [2.05, 4.69) is 27.2 Å². The molecule has 1 aliphatic rings. The Kier molecular flexibility index (Phi) is 6.48. The van der Waals surface area contributed by atoms with E-state index in [9.17, 15) is 9.59 Å². The molecule has 33 heavy (non-hydrogen) atoms. The van der Waals surface area contributed by atoms with E-state index in [-0.39, 0.29) is 29.7 Å². The molecule has 1 atom stereocenters. The van der Waals surface area contributed by atoms with Crippen molar-refractivity contribution in [2.24, 2.45) is 0 Å². The first kappa shape index (κ1) is 22.2. The fourth-order valence-electron chi connectivity index (χ4n) is 3.55. The third-order valence-electron chi connectivity index (χ3n) is 5.49. The number of Topliss-reactive ketones (excluding diaryl/α,β-unsaturated/α-hetero) is 1. The predicted octanol–water partition coefficient (Wildman–Crippen LogP) is 4.20. The molecule has 2 N–H and O–H groups in total. The van der Waals surface area contributed by atoms with Gasteiger partial charge in [-0.15, -0.1) is 0 Å². The van der Waals surface area contributed by atoms with Crippen LogP contribution in [0.4, 0.5) is 4.79 Å². The molecule has 1 amide bonds. The number of hydrogen-bond acceptors (Lipinski definition) is 7. The number of hydrogen-bond donors (Lipinski definition) is 2. The van der Waals surface area contributed by atoms with Crippen LogP contribution in [-0.2, 0) is 0 Å². The second-order valence-electron chi connectivity index (χ2n) is 7.97. The van der Waals surface area contributed by atoms with Gasteiger partial charge >= 0.3 is 6.09 Å². The van der Waals surface area contributed by atoms with Gasteiger partial charge in [0.05, 0.1) is 18.6 Å². The van der Waals surface area contributed by atoms with Gasteiger partial charge in [0.1, 0.15) is 17.6 Å². The van der Waals surface area contributed by atoms with Crippen molar-refractivity contribution >= 4 is 11.9 Å². The minimum atomic E-state index is -1.00. The van der Waals surface area contributed by atoms with Gasteiger partial charge in [0.25, 0.3) is 0 Å². The van der Waals surface area contributed by atoms with Gasteiger partial charge in [-0.1, -0.05) is 19.1 Å². The van der Waals surface area contributed by atoms with Crippen molar-refractivity contribution in [3.8, 4) is 17.2 Å². The zero-order chi connectivity index (χ0) is 23.4. The number of pyridine rings is 1. The maximum atomic E-state index is 11.3. The van der Waals surface area contributed by atoms with Crippen molar-refractivity contribution < 1.29 is 24.2 Å². The number of carbonyl (C=O) groups excluding carboxylic acids is 1. The zero-order valence-electron chi connectivity index (χ0n) is 18.3. The number of ketones is 1. The third kappa shape index (κ3) is 5.62. The van der Waals surface area contributed by atoms with Crippen LogP contribution in [0.1, 0.15) is 54.5 Å². The van der Waals surface area contributed by atoms with Crippen LogP contribution >= 0.6 is 0 Å². The molecular formula is C24H24N4O5. The lowest BCUT2D eigenvalue weighted by molar-refractivity contribution is 0.0830. The van der Waals surface area contributed by atoms with Gasteiger partial charge in [-0.3, -0.25) is 9.78 Å². The van der Waals surface area contributed by atoms with E-state index < -0.39 is 6.09 Å². The van der Waals surface area contributed by atoms with Gasteiger partial charge in [0.2, 0.25) is 0 Å². The molecular weight excluding hydrogens is 424 g/mol. The van der Waals surface area contributed by atoms with Crippen LogP contribution in [0, 0.1) is 0 Å². The van der Waals surface area contributed by atoms with Crippen molar-refractivity contribution in [1.82, 2.24) is 20.3 Å². The summed E-state index contributed by atoms with van der Waals surface area (Å²) in [6, 6.07) is 11.4. The summed E-state index contributed by atoms with van der Waals surface area (Å²) in [7, 11) is 0. The Morgan fingerprint density at radius 2 is 1.61 bits per heavy atom. The van der Waals surface area contributed by atoms with Crippen LogP contribution < -0.4 is 14.8 Å². The van der Waals surface area contributed by atoms with Gasteiger partial charge < -0.3 is 19.9 Å². The first-order valence-electron chi connectivity index (χ1n) is 10.6. The van der Waals surface area contributed by atoms with Crippen molar-refractivity contribution in [3.63, 3.8) is 0 Å². The maximum absolute atomic E-state index is 11.3. The fraction of sp³-hybridized carbons (Fsp3) is 0.292. The Labute approximate surface area is 190 Å². The normalized spacial score (nSPS) is 18.0. The highest BCUT2D eigenvalue weighted by Crippen LogP contribution is 2.29. The van der Waals surface area contributed by atoms with Gasteiger partial charge in [-0.05, 0) is 29.8 Å². The second-order valence-corrected chi connectivity index (χ2v) is 7.97. The second kappa shape index (κ2) is 9.64. The van der Waals surface area contributed by atoms with Crippen molar-refractivity contribution in [2.75, 3.05) is 0 Å². The number of carboxylic acid groups (broad SMARTS) is 1. The zero-order valence-corrected chi connectivity index (χ0v) is 18.3. The summed E-state index contributed by atoms with van der Waals surface area (Å²) < 4.78 is 11.6. The largest absolute Gasteiger partial charge is 0.489 e. The quantitative estimate of drug-likeness (QED) is 0.492. The number of benzene rings is 1. The Balaban J connectivity index is 1.32. The summed E-state index contributed by atoms with van der Waals surface area (Å²) >= 11 is 0. The number of rotatable bonds is 8. The number of nitrogens with one attached hydrogen (secondary N) is 1. The van der Waals surface area contributed by atoms with Crippen LogP contribution in [0.2, 0.25) is 0 Å². The summed E-state index contributed by atoms with van der Waals surface area (Å²) in [4.78, 5) is 34.4. The fourth-order valence-corrected chi connectivity index (χ4v) is 3.55. The molecule has 4 rings (SSSR count). The summed E-state index contributed by atoms with van der Waals surface area (Å²) in [5.41, 5.74) is 1.98. The van der Waals surface area contributed by atoms with Crippen LogP contribution in [-0.4, -0.2) is 44.1 Å². The highest BCUT2D eigenvalue weighted by molar-refractivity contribution is 5.90. The summed E-state index contributed by atoms with van der Waals surface area (Å²) in [5, 5.41) is 11.2. The summed E-state index contributed by atoms with van der Waals surface area (Å²) in [6.45, 7) is 3.48. The molecule has 1 fully saturated rings. The Morgan fingerprint density at radius 3 is 2.18 bits per heavy atom. The monoisotopic (exact) mass is 448 g/mol. The highest BCUT2D eigenvalue weighted by atomic mass is 16.5. The Hall–Kier alpha value is -4.01. The topological polar surface area (TPSA) is 124 Å². The SMILES string of the molecule is CC(=O)c1ncc(Oc2ccc(C(C)c3ccc(O[C@H]4C[C@H](NC(=O)O)C4)cn3)cc2)cn1. The van der Waals surface area contributed by atoms with Crippen LogP contribution in [0.3, 0.4) is 0 Å². The van der Waals surface area contributed by atoms with Gasteiger partial charge in [-0.25, -0.2) is 14.8 Å². The highest BCUT2D eigenvalue weighted by Gasteiger charge is 2.32. The van der Waals surface area contributed by atoms with Gasteiger partial charge in [0.15, 0.2) is 17.4 Å². The molecule has 2 aromatic heterocycles. The number of aromatic nitrogens is 3. The van der Waals surface area contributed by atoms with Crippen LogP contribution in [0.5, 0.6) is 17.2 Å². The Bertz CT molecular complexity index is 1110. The average molecular weight is 448 g/mol. The smallest absolute Gasteiger partial charge is 0.404 e. The molecule has 2 heterocycles. The number of ether oxygens (including phenoxy) is 2. The van der Waals surface area contributed by atoms with E-state index in [1.54, 1.807) is 6.20 Å². The molecule has 0 saturated heterocycles. The van der Waals surface area contributed by atoms with E-state index in [0.717, 1.165) is 11.3 Å². The van der Waals surface area contributed by atoms with Crippen molar-refractivity contribution in [3.05, 3.63) is 72.1 Å². The molecule has 0 spiro atoms. The summed E-state index contributed by atoms with van der Waals surface area (Å²) in [5.74, 6) is 1.79. The van der Waals surface area contributed by atoms with Crippen molar-refractivity contribution in [2.45, 2.75) is 44.8 Å². The molecule has 3 aromatic rings. The number of amides is 1. The molecule has 0 radical (unpaired) electrons. The van der Waals surface area contributed by atoms with Crippen LogP contribution in [0.15, 0.2) is 55.0 Å². The lowest BCUT2D eigenvalue weighted by Crippen LogP contribution is -2.48. The van der Waals surface area contributed by atoms with Gasteiger partial charge in [0, 0.05) is 37.4 Å². The van der Waals surface area contributed by atoms with Crippen LogP contribution in [0.25, 0.3) is 0 Å². The Morgan fingerprint density at radius 1 is 0.970 bits per heavy atom. The molecule has 0 bridgehead atoms. The molecule has 1 aromatic carbocycles. The van der Waals surface area contributed by atoms with E-state index in [0.29, 0.717) is 30.1 Å². The molecule has 1 aliphatic carbocycles. The van der Waals surface area contributed by atoms with E-state index in [1.165, 1.54) is 19.3 Å². The minimum Gasteiger partial charge on any atom is -0.489 e. The average Bonchev–Trinajstić information content (AvgIpc) is 2.78. The predicted molar refractivity (Wildman–Crippen MR) is 119 cm³/mol. The maximum Gasteiger partial charge on any atom is 0.404 e. The first-order chi connectivity index (χ1) is 15.9. The third-order valence-corrected chi connectivity index (χ3v) is 5.49. The number of carbonyl (C=O) groups is 2. The molecule has 1 unspecified atom stereocenters. The molecule has 0 aliphatic heterocycles. The van der Waals surface area contributed by atoms with Gasteiger partial charge in [-0.2, -0.15) is 0 Å². The lowest BCUT2D eigenvalue weighted by Gasteiger charge is -2.34. The lowest BCUT2D eigenvalue weighted by atomic mass is 9.89.